The van der Waals surface area contributed by atoms with Gasteiger partial charge in [-0.2, -0.15) is 0 Å². The van der Waals surface area contributed by atoms with Gasteiger partial charge in [-0.05, 0) is 124 Å². The fourth-order valence-electron chi connectivity index (χ4n) is 9.59. The Labute approximate surface area is 202 Å². The van der Waals surface area contributed by atoms with E-state index < -0.39 is 0 Å². The number of fused-ring (bicyclic) bond motifs is 5. The first kappa shape index (κ1) is 23.9. The zero-order chi connectivity index (χ0) is 23.2. The van der Waals surface area contributed by atoms with Gasteiger partial charge in [-0.3, -0.25) is 4.79 Å². The highest BCUT2D eigenvalue weighted by Gasteiger charge is 2.59. The first-order valence-corrected chi connectivity index (χ1v) is 14.4. The molecule has 5 rings (SSSR count). The molecule has 0 spiro atoms. The molecule has 1 N–H and O–H groups in total. The van der Waals surface area contributed by atoms with Crippen LogP contribution in [-0.4, -0.2) is 23.3 Å². The van der Waals surface area contributed by atoms with Crippen LogP contribution in [-0.2, 0) is 9.53 Å². The van der Waals surface area contributed by atoms with Crippen molar-refractivity contribution in [3.63, 3.8) is 0 Å². The maximum Gasteiger partial charge on any atom is 0.306 e. The lowest BCUT2D eigenvalue weighted by atomic mass is 9.47. The number of allylic oxidation sites excluding steroid dienone is 1. The summed E-state index contributed by atoms with van der Waals surface area (Å²) in [6.07, 6.45) is 19.8. The van der Waals surface area contributed by atoms with E-state index in [-0.39, 0.29) is 18.2 Å². The highest BCUT2D eigenvalue weighted by Crippen LogP contribution is 2.67. The van der Waals surface area contributed by atoms with E-state index >= 15 is 0 Å². The molecule has 0 saturated heterocycles. The normalized spacial score (nSPS) is 44.2. The summed E-state index contributed by atoms with van der Waals surface area (Å²) in [6.45, 7) is 7.55. The van der Waals surface area contributed by atoms with Crippen LogP contribution in [0.15, 0.2) is 11.6 Å². The molecule has 5 aliphatic rings. The molecule has 3 heteroatoms. The molecule has 0 aromatic heterocycles. The Bertz CT molecular complexity index is 752. The fraction of sp³-hybridized carbons (Fsp3) is 0.900. The molecule has 0 bridgehead atoms. The molecule has 4 fully saturated rings. The van der Waals surface area contributed by atoms with Crippen LogP contribution in [0.3, 0.4) is 0 Å². The number of aliphatic hydroxyl groups excluding tert-OH is 1. The Morgan fingerprint density at radius 3 is 2.64 bits per heavy atom. The zero-order valence-corrected chi connectivity index (χ0v) is 21.5. The van der Waals surface area contributed by atoms with Crippen molar-refractivity contribution in [3.05, 3.63) is 11.6 Å². The Balaban J connectivity index is 1.21. The molecule has 0 radical (unpaired) electrons. The molecule has 0 aromatic carbocycles. The highest BCUT2D eigenvalue weighted by atomic mass is 16.5. The van der Waals surface area contributed by atoms with E-state index in [2.05, 4.69) is 26.8 Å². The topological polar surface area (TPSA) is 46.5 Å². The summed E-state index contributed by atoms with van der Waals surface area (Å²) in [4.78, 5) is 12.5. The van der Waals surface area contributed by atoms with E-state index in [0.717, 1.165) is 55.8 Å². The van der Waals surface area contributed by atoms with Gasteiger partial charge >= 0.3 is 5.97 Å². The lowest BCUT2D eigenvalue weighted by Gasteiger charge is -2.58. The molecule has 0 unspecified atom stereocenters. The lowest BCUT2D eigenvalue weighted by Crippen LogP contribution is -2.50. The molecule has 0 aliphatic heterocycles. The summed E-state index contributed by atoms with van der Waals surface area (Å²) in [7, 11) is 0. The van der Waals surface area contributed by atoms with Crippen molar-refractivity contribution in [2.45, 2.75) is 129 Å². The number of carbonyl (C=O) groups is 1. The van der Waals surface area contributed by atoms with Crippen LogP contribution in [0.2, 0.25) is 0 Å². The summed E-state index contributed by atoms with van der Waals surface area (Å²) in [6, 6.07) is 0. The quantitative estimate of drug-likeness (QED) is 0.351. The highest BCUT2D eigenvalue weighted by molar-refractivity contribution is 5.69. The predicted octanol–water partition coefficient (Wildman–Crippen LogP) is 7.22. The van der Waals surface area contributed by atoms with Gasteiger partial charge in [0.15, 0.2) is 0 Å². The van der Waals surface area contributed by atoms with Gasteiger partial charge in [0.05, 0.1) is 6.10 Å². The number of esters is 1. The molecule has 5 aliphatic carbocycles. The number of aliphatic hydroxyl groups is 1. The summed E-state index contributed by atoms with van der Waals surface area (Å²) in [5.41, 5.74) is 2.34. The van der Waals surface area contributed by atoms with Gasteiger partial charge in [0, 0.05) is 6.42 Å². The largest absolute Gasteiger partial charge is 0.462 e. The molecule has 3 nitrogen and oxygen atoms in total. The van der Waals surface area contributed by atoms with Crippen molar-refractivity contribution in [2.75, 3.05) is 0 Å². The summed E-state index contributed by atoms with van der Waals surface area (Å²) >= 11 is 0. The van der Waals surface area contributed by atoms with Crippen LogP contribution in [0.4, 0.5) is 0 Å². The molecular weight excluding hydrogens is 408 g/mol. The predicted molar refractivity (Wildman–Crippen MR) is 133 cm³/mol. The third-order valence-corrected chi connectivity index (χ3v) is 11.5. The Kier molecular flexibility index (Phi) is 6.75. The molecule has 4 saturated carbocycles. The van der Waals surface area contributed by atoms with Gasteiger partial charge in [-0.15, -0.1) is 0 Å². The van der Waals surface area contributed by atoms with E-state index in [1.807, 2.05) is 0 Å². The second-order valence-electron chi connectivity index (χ2n) is 13.2. The second kappa shape index (κ2) is 9.32. The van der Waals surface area contributed by atoms with Crippen LogP contribution in [0.5, 0.6) is 0 Å². The van der Waals surface area contributed by atoms with E-state index in [0.29, 0.717) is 23.2 Å². The summed E-state index contributed by atoms with van der Waals surface area (Å²) in [5.74, 6) is 3.86. The van der Waals surface area contributed by atoms with Gasteiger partial charge in [0.1, 0.15) is 6.10 Å². The van der Waals surface area contributed by atoms with E-state index in [4.69, 9.17) is 4.74 Å². The van der Waals surface area contributed by atoms with Gasteiger partial charge in [-0.25, -0.2) is 0 Å². The molecule has 33 heavy (non-hydrogen) atoms. The van der Waals surface area contributed by atoms with Gasteiger partial charge in [0.25, 0.3) is 0 Å². The number of rotatable bonds is 5. The van der Waals surface area contributed by atoms with Crippen LogP contribution < -0.4 is 0 Å². The van der Waals surface area contributed by atoms with Crippen LogP contribution >= 0.6 is 0 Å². The minimum absolute atomic E-state index is 0.0505. The van der Waals surface area contributed by atoms with Crippen LogP contribution in [0, 0.1) is 40.4 Å². The third kappa shape index (κ3) is 4.34. The molecule has 0 amide bonds. The van der Waals surface area contributed by atoms with Gasteiger partial charge in [0.2, 0.25) is 0 Å². The third-order valence-electron chi connectivity index (χ3n) is 11.5. The lowest BCUT2D eigenvalue weighted by molar-refractivity contribution is -0.151. The Morgan fingerprint density at radius 1 is 1.06 bits per heavy atom. The monoisotopic (exact) mass is 456 g/mol. The zero-order valence-electron chi connectivity index (χ0n) is 21.5. The van der Waals surface area contributed by atoms with E-state index in [1.54, 1.807) is 5.57 Å². The molecule has 8 atom stereocenters. The maximum absolute atomic E-state index is 12.5. The maximum atomic E-state index is 12.5. The van der Waals surface area contributed by atoms with Crippen molar-refractivity contribution >= 4 is 5.97 Å². The first-order chi connectivity index (χ1) is 15.8. The van der Waals surface area contributed by atoms with E-state index in [9.17, 15) is 9.90 Å². The van der Waals surface area contributed by atoms with Gasteiger partial charge < -0.3 is 9.84 Å². The van der Waals surface area contributed by atoms with Crippen LogP contribution in [0.25, 0.3) is 0 Å². The van der Waals surface area contributed by atoms with Gasteiger partial charge in [-0.1, -0.05) is 38.8 Å². The molecule has 0 aromatic rings. The standard InChI is InChI=1S/C30H48O3/c1-20(9-14-28(32)33-23-7-5-4-6-8-23)25-12-13-26-24-11-10-21-19-22(31)15-17-29(21,2)27(24)16-18-30(25,26)3/h10,20,22-27,31H,4-9,11-19H2,1-3H3/t20-,22+,24+,25-,26+,27+,29+,30-/m1/s1. The summed E-state index contributed by atoms with van der Waals surface area (Å²) in [5, 5.41) is 10.3. The Hall–Kier alpha value is -0.830. The summed E-state index contributed by atoms with van der Waals surface area (Å²) < 4.78 is 5.81. The first-order valence-electron chi connectivity index (χ1n) is 14.4. The number of carbonyl (C=O) groups excluding carboxylic acids is 1. The molecule has 0 heterocycles. The van der Waals surface area contributed by atoms with Crippen molar-refractivity contribution in [1.82, 2.24) is 0 Å². The number of hydrogen-bond donors (Lipinski definition) is 1. The minimum Gasteiger partial charge on any atom is -0.462 e. The minimum atomic E-state index is -0.115. The smallest absolute Gasteiger partial charge is 0.306 e. The number of hydrogen-bond acceptors (Lipinski definition) is 3. The van der Waals surface area contributed by atoms with E-state index in [1.165, 1.54) is 57.8 Å². The Morgan fingerprint density at radius 2 is 1.85 bits per heavy atom. The average molecular weight is 457 g/mol. The number of ether oxygens (including phenoxy) is 1. The average Bonchev–Trinajstić information content (AvgIpc) is 3.16. The molecular formula is C30H48O3. The molecule has 186 valence electrons. The van der Waals surface area contributed by atoms with Crippen LogP contribution in [0.1, 0.15) is 117 Å². The van der Waals surface area contributed by atoms with Crippen molar-refractivity contribution in [3.8, 4) is 0 Å². The van der Waals surface area contributed by atoms with Crippen molar-refractivity contribution < 1.29 is 14.6 Å². The SMILES string of the molecule is C[C@H](CCC(=O)OC1CCCCC1)[C@H]1CC[C@H]2[C@@H]3CC=C4C[C@@H](O)CC[C@]4(C)[C@H]3CC[C@]12C. The fourth-order valence-corrected chi connectivity index (χ4v) is 9.59. The second-order valence-corrected chi connectivity index (χ2v) is 13.2. The van der Waals surface area contributed by atoms with Crippen molar-refractivity contribution in [1.29, 1.82) is 0 Å². The van der Waals surface area contributed by atoms with Crippen molar-refractivity contribution in [2.24, 2.45) is 40.4 Å².